The van der Waals surface area contributed by atoms with E-state index in [2.05, 4.69) is 42.5 Å². The molecule has 2 aliphatic rings. The normalized spacial score (nSPS) is 19.6. The quantitative estimate of drug-likeness (QED) is 0.429. The number of dihydropyridines is 1. The number of pyridine rings is 1. The second-order valence-electron chi connectivity index (χ2n) is 9.03. The molecule has 0 spiro atoms. The number of allylic oxidation sites excluding steroid dienone is 1. The first-order chi connectivity index (χ1) is 17.2. The first-order valence-electron chi connectivity index (χ1n) is 11.6. The van der Waals surface area contributed by atoms with E-state index in [4.69, 9.17) is 5.73 Å². The van der Waals surface area contributed by atoms with Crippen LogP contribution in [0.3, 0.4) is 0 Å². The van der Waals surface area contributed by atoms with E-state index >= 15 is 0 Å². The molecule has 11 heteroatoms. The highest BCUT2D eigenvalue weighted by molar-refractivity contribution is 7.90. The average Bonchev–Trinajstić information content (AvgIpc) is 3.61. The van der Waals surface area contributed by atoms with Crippen molar-refractivity contribution >= 4 is 10.0 Å². The Balaban J connectivity index is 1.45. The van der Waals surface area contributed by atoms with Gasteiger partial charge in [0.25, 0.3) is 10.0 Å². The van der Waals surface area contributed by atoms with Crippen molar-refractivity contribution in [2.75, 3.05) is 0 Å². The van der Waals surface area contributed by atoms with Crippen LogP contribution in [-0.2, 0) is 15.7 Å². The van der Waals surface area contributed by atoms with Gasteiger partial charge in [0.1, 0.15) is 0 Å². The van der Waals surface area contributed by atoms with Crippen LogP contribution in [0.25, 0.3) is 11.4 Å². The smallest absolute Gasteiger partial charge is 0.256 e. The summed E-state index contributed by atoms with van der Waals surface area (Å²) in [6.07, 6.45) is 12.8. The maximum absolute atomic E-state index is 12.5. The molecular weight excluding hydrogens is 476 g/mol. The van der Waals surface area contributed by atoms with Gasteiger partial charge in [-0.3, -0.25) is 4.98 Å². The Morgan fingerprint density at radius 3 is 2.78 bits per heavy atom. The van der Waals surface area contributed by atoms with E-state index in [1.165, 1.54) is 12.4 Å². The van der Waals surface area contributed by atoms with E-state index in [0.717, 1.165) is 20.9 Å². The Hall–Kier alpha value is -4.01. The van der Waals surface area contributed by atoms with E-state index in [-0.39, 0.29) is 11.3 Å². The van der Waals surface area contributed by atoms with Crippen molar-refractivity contribution in [3.05, 3.63) is 84.0 Å². The summed E-state index contributed by atoms with van der Waals surface area (Å²) in [5.74, 6) is 6.62. The average molecular weight is 503 g/mol. The highest BCUT2D eigenvalue weighted by Gasteiger charge is 2.38. The van der Waals surface area contributed by atoms with Crippen LogP contribution in [0.5, 0.6) is 0 Å². The molecule has 3 aromatic heterocycles. The van der Waals surface area contributed by atoms with E-state index in [0.29, 0.717) is 29.9 Å². The standard InChI is InChI=1S/C25H26N8O2S/c1-17(2)31-22-12-25(26,29-14-19(22)6-5-18-4-3-10-27-13-18)23-9-11-28-24(32-23)20-15-30-33(16-20)36(34,35)21-7-8-21/h3-4,9-17,21,29,31H,7-8,26H2,1-2H3. The van der Waals surface area contributed by atoms with Crippen molar-refractivity contribution in [1.29, 1.82) is 0 Å². The van der Waals surface area contributed by atoms with Crippen molar-refractivity contribution in [3.63, 3.8) is 0 Å². The monoisotopic (exact) mass is 502 g/mol. The highest BCUT2D eigenvalue weighted by Crippen LogP contribution is 2.30. The largest absolute Gasteiger partial charge is 0.382 e. The van der Waals surface area contributed by atoms with Gasteiger partial charge in [0.15, 0.2) is 11.5 Å². The Labute approximate surface area is 209 Å². The second-order valence-corrected chi connectivity index (χ2v) is 11.1. The number of rotatable bonds is 6. The summed E-state index contributed by atoms with van der Waals surface area (Å²) >= 11 is 0. The molecule has 1 aliphatic heterocycles. The Bertz CT molecular complexity index is 1510. The first-order valence-corrected chi connectivity index (χ1v) is 13.1. The Morgan fingerprint density at radius 2 is 2.06 bits per heavy atom. The van der Waals surface area contributed by atoms with Gasteiger partial charge in [0.05, 0.1) is 40.2 Å². The third kappa shape index (κ3) is 4.86. The maximum atomic E-state index is 12.5. The van der Waals surface area contributed by atoms with Gasteiger partial charge < -0.3 is 16.4 Å². The molecular formula is C25H26N8O2S. The van der Waals surface area contributed by atoms with Crippen LogP contribution in [0, 0.1) is 11.8 Å². The van der Waals surface area contributed by atoms with Crippen molar-refractivity contribution in [1.82, 2.24) is 34.8 Å². The summed E-state index contributed by atoms with van der Waals surface area (Å²) in [5.41, 5.74) is 8.91. The van der Waals surface area contributed by atoms with Gasteiger partial charge in [-0.05, 0) is 51.0 Å². The van der Waals surface area contributed by atoms with Gasteiger partial charge in [0, 0.05) is 36.4 Å². The Morgan fingerprint density at radius 1 is 1.22 bits per heavy atom. The lowest BCUT2D eigenvalue weighted by Gasteiger charge is -2.32. The third-order valence-corrected chi connectivity index (χ3v) is 7.70. The molecule has 184 valence electrons. The summed E-state index contributed by atoms with van der Waals surface area (Å²) in [5, 5.41) is 10.3. The molecule has 10 nitrogen and oxygen atoms in total. The highest BCUT2D eigenvalue weighted by atomic mass is 32.2. The summed E-state index contributed by atoms with van der Waals surface area (Å²) in [6, 6.07) is 5.58. The molecule has 4 N–H and O–H groups in total. The van der Waals surface area contributed by atoms with Crippen LogP contribution in [0.4, 0.5) is 0 Å². The van der Waals surface area contributed by atoms with Crippen molar-refractivity contribution in [3.8, 4) is 23.2 Å². The first kappa shape index (κ1) is 23.7. The van der Waals surface area contributed by atoms with Crippen LogP contribution in [0.15, 0.2) is 72.7 Å². The molecule has 5 rings (SSSR count). The van der Waals surface area contributed by atoms with Gasteiger partial charge in [-0.15, -0.1) is 0 Å². The zero-order valence-corrected chi connectivity index (χ0v) is 20.7. The van der Waals surface area contributed by atoms with E-state index < -0.39 is 15.7 Å². The zero-order valence-electron chi connectivity index (χ0n) is 19.9. The Kier molecular flexibility index (Phi) is 6.07. The molecule has 0 amide bonds. The minimum atomic E-state index is -3.48. The van der Waals surface area contributed by atoms with E-state index in [9.17, 15) is 8.42 Å². The number of hydrogen-bond donors (Lipinski definition) is 3. The molecule has 0 aromatic carbocycles. The van der Waals surface area contributed by atoms with Gasteiger partial charge in [-0.2, -0.15) is 9.19 Å². The zero-order chi connectivity index (χ0) is 25.3. The second kappa shape index (κ2) is 9.22. The molecule has 0 bridgehead atoms. The molecule has 3 aromatic rings. The molecule has 1 fully saturated rings. The van der Waals surface area contributed by atoms with Crippen LogP contribution < -0.4 is 16.4 Å². The molecule has 0 radical (unpaired) electrons. The maximum Gasteiger partial charge on any atom is 0.256 e. The minimum Gasteiger partial charge on any atom is -0.382 e. The number of nitrogens with zero attached hydrogens (tertiary/aromatic N) is 5. The van der Waals surface area contributed by atoms with Crippen LogP contribution >= 0.6 is 0 Å². The van der Waals surface area contributed by atoms with E-state index in [1.54, 1.807) is 30.9 Å². The van der Waals surface area contributed by atoms with Gasteiger partial charge >= 0.3 is 0 Å². The number of nitrogens with one attached hydrogen (secondary N) is 2. The lowest BCUT2D eigenvalue weighted by Crippen LogP contribution is -2.50. The van der Waals surface area contributed by atoms with Crippen molar-refractivity contribution in [2.24, 2.45) is 5.73 Å². The van der Waals surface area contributed by atoms with Crippen molar-refractivity contribution < 1.29 is 8.42 Å². The van der Waals surface area contributed by atoms with Crippen molar-refractivity contribution in [2.45, 2.75) is 43.6 Å². The number of nitrogens with two attached hydrogens (primary N) is 1. The molecule has 0 saturated heterocycles. The predicted molar refractivity (Wildman–Crippen MR) is 135 cm³/mol. The molecule has 36 heavy (non-hydrogen) atoms. The van der Waals surface area contributed by atoms with Gasteiger partial charge in [-0.25, -0.2) is 18.4 Å². The summed E-state index contributed by atoms with van der Waals surface area (Å²) in [7, 11) is -3.48. The molecule has 4 heterocycles. The third-order valence-electron chi connectivity index (χ3n) is 5.67. The van der Waals surface area contributed by atoms with Crippen LogP contribution in [0.2, 0.25) is 0 Å². The van der Waals surface area contributed by atoms with Gasteiger partial charge in [0.2, 0.25) is 0 Å². The number of hydrogen-bond acceptors (Lipinski definition) is 9. The summed E-state index contributed by atoms with van der Waals surface area (Å²) in [6.45, 7) is 4.06. The predicted octanol–water partition coefficient (Wildman–Crippen LogP) is 1.61. The minimum absolute atomic E-state index is 0.141. The molecule has 1 atom stereocenters. The fraction of sp³-hybridized carbons (Fsp3) is 0.280. The summed E-state index contributed by atoms with van der Waals surface area (Å²) < 4.78 is 26.0. The fourth-order valence-electron chi connectivity index (χ4n) is 3.68. The van der Waals surface area contributed by atoms with Crippen LogP contribution in [0.1, 0.15) is 37.9 Å². The fourth-order valence-corrected chi connectivity index (χ4v) is 5.16. The lowest BCUT2D eigenvalue weighted by atomic mass is 9.98. The molecule has 1 saturated carbocycles. The lowest BCUT2D eigenvalue weighted by molar-refractivity contribution is 0.466. The van der Waals surface area contributed by atoms with E-state index in [1.807, 2.05) is 32.1 Å². The van der Waals surface area contributed by atoms with Crippen LogP contribution in [-0.4, -0.2) is 43.8 Å². The summed E-state index contributed by atoms with van der Waals surface area (Å²) in [4.78, 5) is 13.0. The van der Waals surface area contributed by atoms with Gasteiger partial charge in [-0.1, -0.05) is 11.8 Å². The number of aromatic nitrogens is 5. The topological polar surface area (TPSA) is 141 Å². The molecule has 1 aliphatic carbocycles. The SMILES string of the molecule is CC(C)NC1=CC(N)(c2ccnc(-c3cnn(S(=O)(=O)C4CC4)c3)n2)NC=C1C#Cc1cccnc1. The molecule has 1 unspecified atom stereocenters.